The van der Waals surface area contributed by atoms with Gasteiger partial charge < -0.3 is 5.11 Å². The highest BCUT2D eigenvalue weighted by molar-refractivity contribution is 4.83. The SMILES string of the molecule is C#CCCCC(O)C(CC)CCCC. The molecule has 0 spiro atoms. The molecule has 0 saturated carbocycles. The van der Waals surface area contributed by atoms with Crippen LogP contribution in [0.5, 0.6) is 0 Å². The summed E-state index contributed by atoms with van der Waals surface area (Å²) < 4.78 is 0. The Labute approximate surface area is 88.9 Å². The van der Waals surface area contributed by atoms with Gasteiger partial charge in [-0.3, -0.25) is 0 Å². The molecule has 2 atom stereocenters. The fraction of sp³-hybridized carbons (Fsp3) is 0.846. The molecule has 1 N–H and O–H groups in total. The van der Waals surface area contributed by atoms with Gasteiger partial charge in [0.15, 0.2) is 0 Å². The molecule has 0 bridgehead atoms. The van der Waals surface area contributed by atoms with Crippen LogP contribution in [0.4, 0.5) is 0 Å². The van der Waals surface area contributed by atoms with Crippen molar-refractivity contribution in [1.29, 1.82) is 0 Å². The summed E-state index contributed by atoms with van der Waals surface area (Å²) in [5.74, 6) is 3.09. The second kappa shape index (κ2) is 9.09. The lowest BCUT2D eigenvalue weighted by Gasteiger charge is -2.20. The van der Waals surface area contributed by atoms with Crippen molar-refractivity contribution in [3.8, 4) is 12.3 Å². The van der Waals surface area contributed by atoms with E-state index in [0.29, 0.717) is 5.92 Å². The minimum Gasteiger partial charge on any atom is -0.393 e. The van der Waals surface area contributed by atoms with Crippen LogP contribution >= 0.6 is 0 Å². The van der Waals surface area contributed by atoms with E-state index in [0.717, 1.165) is 32.1 Å². The molecule has 1 heteroatoms. The molecule has 0 amide bonds. The third kappa shape index (κ3) is 6.05. The van der Waals surface area contributed by atoms with Gasteiger partial charge in [0, 0.05) is 6.42 Å². The Morgan fingerprint density at radius 2 is 1.93 bits per heavy atom. The topological polar surface area (TPSA) is 20.2 Å². The predicted octanol–water partition coefficient (Wildman–Crippen LogP) is 3.37. The molecule has 0 aromatic heterocycles. The van der Waals surface area contributed by atoms with Crippen LogP contribution in [0.2, 0.25) is 0 Å². The summed E-state index contributed by atoms with van der Waals surface area (Å²) in [6.07, 6.45) is 12.3. The number of aliphatic hydroxyl groups excluding tert-OH is 1. The Morgan fingerprint density at radius 1 is 1.21 bits per heavy atom. The van der Waals surface area contributed by atoms with E-state index in [1.165, 1.54) is 12.8 Å². The van der Waals surface area contributed by atoms with E-state index in [2.05, 4.69) is 19.8 Å². The molecule has 0 heterocycles. The minimum absolute atomic E-state index is 0.139. The van der Waals surface area contributed by atoms with Crippen LogP contribution in [0, 0.1) is 18.3 Å². The molecule has 1 nitrogen and oxygen atoms in total. The van der Waals surface area contributed by atoms with Crippen LogP contribution in [0.15, 0.2) is 0 Å². The first-order chi connectivity index (χ1) is 6.76. The van der Waals surface area contributed by atoms with Crippen LogP contribution < -0.4 is 0 Å². The number of terminal acetylenes is 1. The third-order valence-electron chi connectivity index (χ3n) is 2.82. The molecule has 0 radical (unpaired) electrons. The summed E-state index contributed by atoms with van der Waals surface area (Å²) in [4.78, 5) is 0. The van der Waals surface area contributed by atoms with Crippen molar-refractivity contribution in [3.63, 3.8) is 0 Å². The number of hydrogen-bond donors (Lipinski definition) is 1. The molecule has 2 unspecified atom stereocenters. The molecule has 0 saturated heterocycles. The fourth-order valence-corrected chi connectivity index (χ4v) is 1.78. The Morgan fingerprint density at radius 3 is 2.43 bits per heavy atom. The lowest BCUT2D eigenvalue weighted by molar-refractivity contribution is 0.0887. The van der Waals surface area contributed by atoms with Crippen LogP contribution in [-0.4, -0.2) is 11.2 Å². The van der Waals surface area contributed by atoms with Crippen molar-refractivity contribution >= 4 is 0 Å². The van der Waals surface area contributed by atoms with E-state index in [1.54, 1.807) is 0 Å². The van der Waals surface area contributed by atoms with Gasteiger partial charge in [-0.05, 0) is 25.2 Å². The summed E-state index contributed by atoms with van der Waals surface area (Å²) >= 11 is 0. The van der Waals surface area contributed by atoms with Crippen LogP contribution in [-0.2, 0) is 0 Å². The Kier molecular flexibility index (Phi) is 8.78. The number of rotatable bonds is 8. The third-order valence-corrected chi connectivity index (χ3v) is 2.82. The van der Waals surface area contributed by atoms with E-state index >= 15 is 0 Å². The minimum atomic E-state index is -0.139. The lowest BCUT2D eigenvalue weighted by atomic mass is 9.90. The smallest absolute Gasteiger partial charge is 0.0568 e. The normalized spacial score (nSPS) is 14.7. The largest absolute Gasteiger partial charge is 0.393 e. The average molecular weight is 196 g/mol. The van der Waals surface area contributed by atoms with Crippen molar-refractivity contribution in [2.75, 3.05) is 0 Å². The molecule has 0 aliphatic rings. The van der Waals surface area contributed by atoms with Gasteiger partial charge in [-0.1, -0.05) is 33.1 Å². The zero-order chi connectivity index (χ0) is 10.8. The first-order valence-corrected chi connectivity index (χ1v) is 5.87. The zero-order valence-electron chi connectivity index (χ0n) is 9.63. The first kappa shape index (κ1) is 13.5. The van der Waals surface area contributed by atoms with E-state index in [1.807, 2.05) is 0 Å². The Hall–Kier alpha value is -0.480. The molecule has 0 aromatic rings. The molecule has 0 fully saturated rings. The maximum Gasteiger partial charge on any atom is 0.0568 e. The van der Waals surface area contributed by atoms with Gasteiger partial charge >= 0.3 is 0 Å². The van der Waals surface area contributed by atoms with Crippen molar-refractivity contribution in [2.24, 2.45) is 5.92 Å². The fourth-order valence-electron chi connectivity index (χ4n) is 1.78. The van der Waals surface area contributed by atoms with Gasteiger partial charge in [0.2, 0.25) is 0 Å². The van der Waals surface area contributed by atoms with Crippen molar-refractivity contribution < 1.29 is 5.11 Å². The summed E-state index contributed by atoms with van der Waals surface area (Å²) in [6.45, 7) is 4.35. The van der Waals surface area contributed by atoms with Crippen LogP contribution in [0.25, 0.3) is 0 Å². The summed E-state index contributed by atoms with van der Waals surface area (Å²) in [5, 5.41) is 9.89. The first-order valence-electron chi connectivity index (χ1n) is 5.87. The Bertz CT molecular complexity index is 157. The molecular formula is C13H24O. The van der Waals surface area contributed by atoms with Gasteiger partial charge in [0.1, 0.15) is 0 Å². The number of hydrogen-bond acceptors (Lipinski definition) is 1. The van der Waals surface area contributed by atoms with Gasteiger partial charge in [-0.2, -0.15) is 0 Å². The summed E-state index contributed by atoms with van der Waals surface area (Å²) in [5.41, 5.74) is 0. The maximum absolute atomic E-state index is 9.89. The summed E-state index contributed by atoms with van der Waals surface area (Å²) in [6, 6.07) is 0. The average Bonchev–Trinajstić information content (AvgIpc) is 2.19. The molecule has 0 rings (SSSR count). The Balaban J connectivity index is 3.68. The molecular weight excluding hydrogens is 172 g/mol. The second-order valence-corrected chi connectivity index (χ2v) is 3.97. The molecule has 14 heavy (non-hydrogen) atoms. The molecule has 0 aliphatic carbocycles. The van der Waals surface area contributed by atoms with E-state index in [9.17, 15) is 5.11 Å². The molecule has 82 valence electrons. The van der Waals surface area contributed by atoms with E-state index < -0.39 is 0 Å². The van der Waals surface area contributed by atoms with Crippen LogP contribution in [0.1, 0.15) is 58.8 Å². The number of unbranched alkanes of at least 4 members (excludes halogenated alkanes) is 2. The predicted molar refractivity (Wildman–Crippen MR) is 62.0 cm³/mol. The van der Waals surface area contributed by atoms with Gasteiger partial charge in [-0.25, -0.2) is 0 Å². The van der Waals surface area contributed by atoms with Crippen LogP contribution in [0.3, 0.4) is 0 Å². The highest BCUT2D eigenvalue weighted by Crippen LogP contribution is 2.20. The quantitative estimate of drug-likeness (QED) is 0.466. The van der Waals surface area contributed by atoms with Gasteiger partial charge in [-0.15, -0.1) is 12.3 Å². The standard InChI is InChI=1S/C13H24O/c1-4-7-9-11-13(14)12(6-3)10-8-5-2/h1,12-14H,5-11H2,2-3H3. The summed E-state index contributed by atoms with van der Waals surface area (Å²) in [7, 11) is 0. The number of aliphatic hydroxyl groups is 1. The lowest BCUT2D eigenvalue weighted by Crippen LogP contribution is -2.19. The molecule has 0 aromatic carbocycles. The van der Waals surface area contributed by atoms with Crippen molar-refractivity contribution in [1.82, 2.24) is 0 Å². The zero-order valence-corrected chi connectivity index (χ0v) is 9.63. The monoisotopic (exact) mass is 196 g/mol. The van der Waals surface area contributed by atoms with E-state index in [4.69, 9.17) is 6.42 Å². The van der Waals surface area contributed by atoms with Crippen molar-refractivity contribution in [3.05, 3.63) is 0 Å². The van der Waals surface area contributed by atoms with Crippen molar-refractivity contribution in [2.45, 2.75) is 64.9 Å². The highest BCUT2D eigenvalue weighted by Gasteiger charge is 2.15. The second-order valence-electron chi connectivity index (χ2n) is 3.97. The highest BCUT2D eigenvalue weighted by atomic mass is 16.3. The van der Waals surface area contributed by atoms with Gasteiger partial charge in [0.05, 0.1) is 6.10 Å². The van der Waals surface area contributed by atoms with E-state index in [-0.39, 0.29) is 6.10 Å². The molecule has 0 aliphatic heterocycles. The maximum atomic E-state index is 9.89. The van der Waals surface area contributed by atoms with Gasteiger partial charge in [0.25, 0.3) is 0 Å².